The van der Waals surface area contributed by atoms with Crippen LogP contribution in [0.25, 0.3) is 11.3 Å². The largest absolute Gasteiger partial charge is 0.504 e. The molecule has 2 N–H and O–H groups in total. The third kappa shape index (κ3) is 6.27. The normalized spacial score (nSPS) is 14.4. The molecular weight excluding hydrogens is 515 g/mol. The van der Waals surface area contributed by atoms with Crippen molar-refractivity contribution in [2.75, 3.05) is 38.5 Å². The Balaban J connectivity index is 1.55. The van der Waals surface area contributed by atoms with Gasteiger partial charge in [0.05, 0.1) is 28.8 Å². The second kappa shape index (κ2) is 10.6. The van der Waals surface area contributed by atoms with Gasteiger partial charge in [-0.25, -0.2) is 9.78 Å². The molecule has 13 heteroatoms. The van der Waals surface area contributed by atoms with Gasteiger partial charge in [0.25, 0.3) is 5.91 Å². The standard InChI is InChI=1S/C24H21ClF3N5O4/c1-32-6-8-33(9-7-32)22(35)15-2-4-16(25)17(10-15)30-21-13-29-12-18(31-21)14-3-5-19(34)20(11-14)37-23(36)24(26,27)28/h2-5,10-13,34H,6-9H2,1H3,(H,30,31). The Morgan fingerprint density at radius 1 is 1.08 bits per heavy atom. The fourth-order valence-electron chi connectivity index (χ4n) is 3.56. The van der Waals surface area contributed by atoms with E-state index in [1.807, 2.05) is 7.05 Å². The van der Waals surface area contributed by atoms with E-state index >= 15 is 0 Å². The zero-order valence-electron chi connectivity index (χ0n) is 19.4. The molecule has 0 spiro atoms. The number of ether oxygens (including phenoxy) is 1. The number of phenolic OH excluding ortho intramolecular Hbond substituents is 1. The van der Waals surface area contributed by atoms with E-state index in [2.05, 4.69) is 24.9 Å². The first-order valence-corrected chi connectivity index (χ1v) is 11.4. The number of nitrogens with zero attached hydrogens (tertiary/aromatic N) is 4. The van der Waals surface area contributed by atoms with E-state index < -0.39 is 23.6 Å². The fourth-order valence-corrected chi connectivity index (χ4v) is 3.73. The van der Waals surface area contributed by atoms with Crippen LogP contribution in [0, 0.1) is 0 Å². The number of nitrogens with one attached hydrogen (secondary N) is 1. The van der Waals surface area contributed by atoms with Crippen LogP contribution < -0.4 is 10.1 Å². The first kappa shape index (κ1) is 26.2. The van der Waals surface area contributed by atoms with Crippen molar-refractivity contribution in [3.8, 4) is 22.8 Å². The van der Waals surface area contributed by atoms with Gasteiger partial charge in [0.2, 0.25) is 0 Å². The third-order valence-electron chi connectivity index (χ3n) is 5.59. The summed E-state index contributed by atoms with van der Waals surface area (Å²) in [6.07, 6.45) is -2.51. The Kier molecular flexibility index (Phi) is 7.50. The monoisotopic (exact) mass is 535 g/mol. The van der Waals surface area contributed by atoms with Crippen molar-refractivity contribution in [1.82, 2.24) is 19.8 Å². The Hall–Kier alpha value is -3.90. The number of alkyl halides is 3. The van der Waals surface area contributed by atoms with Crippen molar-refractivity contribution in [3.63, 3.8) is 0 Å². The minimum atomic E-state index is -5.23. The lowest BCUT2D eigenvalue weighted by molar-refractivity contribution is -0.189. The smallest absolute Gasteiger partial charge is 0.491 e. The number of hydrogen-bond acceptors (Lipinski definition) is 8. The molecule has 1 saturated heterocycles. The minimum Gasteiger partial charge on any atom is -0.504 e. The van der Waals surface area contributed by atoms with Crippen molar-refractivity contribution < 1.29 is 32.6 Å². The molecule has 1 aromatic heterocycles. The van der Waals surface area contributed by atoms with Gasteiger partial charge in [0.1, 0.15) is 5.82 Å². The number of aromatic nitrogens is 2. The number of rotatable bonds is 5. The number of piperazine rings is 1. The maximum absolute atomic E-state index is 12.9. The lowest BCUT2D eigenvalue weighted by Crippen LogP contribution is -2.47. The summed E-state index contributed by atoms with van der Waals surface area (Å²) in [6.45, 7) is 2.78. The molecule has 2 heterocycles. The third-order valence-corrected chi connectivity index (χ3v) is 5.92. The maximum atomic E-state index is 12.9. The Bertz CT molecular complexity index is 1330. The first-order chi connectivity index (χ1) is 17.5. The van der Waals surface area contributed by atoms with Crippen LogP contribution in [0.1, 0.15) is 10.4 Å². The van der Waals surface area contributed by atoms with E-state index in [4.69, 9.17) is 11.6 Å². The van der Waals surface area contributed by atoms with E-state index in [0.717, 1.165) is 25.2 Å². The number of likely N-dealkylation sites (N-methyl/N-ethyl adjacent to an activating group) is 1. The highest BCUT2D eigenvalue weighted by Gasteiger charge is 2.41. The van der Waals surface area contributed by atoms with Gasteiger partial charge in [0, 0.05) is 37.3 Å². The molecule has 1 aliphatic rings. The highest BCUT2D eigenvalue weighted by molar-refractivity contribution is 6.33. The molecule has 9 nitrogen and oxygen atoms in total. The molecule has 1 aliphatic heterocycles. The van der Waals surface area contributed by atoms with E-state index in [0.29, 0.717) is 29.4 Å². The summed E-state index contributed by atoms with van der Waals surface area (Å²) in [5, 5.41) is 13.1. The van der Waals surface area contributed by atoms with Crippen LogP contribution in [0.2, 0.25) is 5.02 Å². The Labute approximate surface area is 214 Å². The van der Waals surface area contributed by atoms with Crippen LogP contribution in [0.4, 0.5) is 24.7 Å². The first-order valence-electron chi connectivity index (χ1n) is 11.0. The average Bonchev–Trinajstić information content (AvgIpc) is 2.86. The zero-order chi connectivity index (χ0) is 26.7. The van der Waals surface area contributed by atoms with Crippen molar-refractivity contribution in [3.05, 3.63) is 59.4 Å². The number of phenols is 1. The second-order valence-corrected chi connectivity index (χ2v) is 8.68. The number of halogens is 4. The van der Waals surface area contributed by atoms with Gasteiger partial charge in [-0.1, -0.05) is 11.6 Å². The summed E-state index contributed by atoms with van der Waals surface area (Å²) in [4.78, 5) is 36.5. The summed E-state index contributed by atoms with van der Waals surface area (Å²) < 4.78 is 41.9. The molecular formula is C24H21ClF3N5O4. The maximum Gasteiger partial charge on any atom is 0.491 e. The lowest BCUT2D eigenvalue weighted by atomic mass is 10.1. The topological polar surface area (TPSA) is 108 Å². The molecule has 1 fully saturated rings. The molecule has 4 rings (SSSR count). The number of benzene rings is 2. The SMILES string of the molecule is CN1CCN(C(=O)c2ccc(Cl)c(Nc3cncc(-c4ccc(O)c(OC(=O)C(F)(F)F)c4)n3)c2)CC1. The average molecular weight is 536 g/mol. The fraction of sp³-hybridized carbons (Fsp3) is 0.250. The van der Waals surface area contributed by atoms with Crippen molar-refractivity contribution in [1.29, 1.82) is 0 Å². The van der Waals surface area contributed by atoms with Crippen molar-refractivity contribution in [2.45, 2.75) is 6.18 Å². The van der Waals surface area contributed by atoms with Gasteiger partial charge in [-0.2, -0.15) is 13.2 Å². The van der Waals surface area contributed by atoms with Crippen LogP contribution >= 0.6 is 11.6 Å². The molecule has 0 saturated carbocycles. The Morgan fingerprint density at radius 2 is 1.81 bits per heavy atom. The van der Waals surface area contributed by atoms with Crippen LogP contribution in [0.5, 0.6) is 11.5 Å². The molecule has 0 unspecified atom stereocenters. The quantitative estimate of drug-likeness (QED) is 0.371. The molecule has 37 heavy (non-hydrogen) atoms. The number of anilines is 2. The highest BCUT2D eigenvalue weighted by Crippen LogP contribution is 2.33. The van der Waals surface area contributed by atoms with Crippen LogP contribution in [0.3, 0.4) is 0 Å². The van der Waals surface area contributed by atoms with Gasteiger partial charge in [-0.05, 0) is 43.4 Å². The number of carbonyl (C=O) groups excluding carboxylic acids is 2. The van der Waals surface area contributed by atoms with Crippen molar-refractivity contribution >= 4 is 35.0 Å². The van der Waals surface area contributed by atoms with Gasteiger partial charge in [-0.3, -0.25) is 9.78 Å². The van der Waals surface area contributed by atoms with E-state index in [9.17, 15) is 27.9 Å². The molecule has 1 amide bonds. The summed E-state index contributed by atoms with van der Waals surface area (Å²) in [5.41, 5.74) is 1.27. The Morgan fingerprint density at radius 3 is 2.51 bits per heavy atom. The van der Waals surface area contributed by atoms with E-state index in [-0.39, 0.29) is 23.0 Å². The summed E-state index contributed by atoms with van der Waals surface area (Å²) >= 11 is 6.33. The van der Waals surface area contributed by atoms with E-state index in [1.165, 1.54) is 18.5 Å². The van der Waals surface area contributed by atoms with Crippen LogP contribution in [0.15, 0.2) is 48.8 Å². The molecule has 0 atom stereocenters. The minimum absolute atomic E-state index is 0.127. The number of hydrogen-bond donors (Lipinski definition) is 2. The molecule has 0 bridgehead atoms. The van der Waals surface area contributed by atoms with Gasteiger partial charge < -0.3 is 25.0 Å². The predicted octanol–water partition coefficient (Wildman–Crippen LogP) is 4.10. The number of amides is 1. The van der Waals surface area contributed by atoms with Crippen molar-refractivity contribution in [2.24, 2.45) is 0 Å². The zero-order valence-corrected chi connectivity index (χ0v) is 20.2. The molecule has 194 valence electrons. The number of carbonyl (C=O) groups is 2. The summed E-state index contributed by atoms with van der Waals surface area (Å²) in [7, 11) is 2.00. The molecule has 2 aromatic carbocycles. The molecule has 0 aliphatic carbocycles. The van der Waals surface area contributed by atoms with E-state index in [1.54, 1.807) is 23.1 Å². The summed E-state index contributed by atoms with van der Waals surface area (Å²) in [6, 6.07) is 8.31. The predicted molar refractivity (Wildman–Crippen MR) is 129 cm³/mol. The van der Waals surface area contributed by atoms with Gasteiger partial charge >= 0.3 is 12.1 Å². The summed E-state index contributed by atoms with van der Waals surface area (Å²) in [5.74, 6) is -3.71. The highest BCUT2D eigenvalue weighted by atomic mass is 35.5. The van der Waals surface area contributed by atoms with Crippen LogP contribution in [-0.4, -0.2) is 76.2 Å². The number of aromatic hydroxyl groups is 1. The van der Waals surface area contributed by atoms with Gasteiger partial charge in [0.15, 0.2) is 11.5 Å². The van der Waals surface area contributed by atoms with Crippen LogP contribution in [-0.2, 0) is 4.79 Å². The lowest BCUT2D eigenvalue weighted by Gasteiger charge is -2.32. The number of esters is 1. The van der Waals surface area contributed by atoms with Gasteiger partial charge in [-0.15, -0.1) is 0 Å². The second-order valence-electron chi connectivity index (χ2n) is 8.27. The molecule has 0 radical (unpaired) electrons. The molecule has 3 aromatic rings.